The maximum atomic E-state index is 13.2. The molecule has 1 aromatic heterocycles. The number of rotatable bonds is 6. The molecule has 1 saturated heterocycles. The first-order valence-corrected chi connectivity index (χ1v) is 7.55. The van der Waals surface area contributed by atoms with E-state index in [2.05, 4.69) is 10.2 Å². The van der Waals surface area contributed by atoms with Gasteiger partial charge in [0.1, 0.15) is 11.6 Å². The summed E-state index contributed by atoms with van der Waals surface area (Å²) in [5.41, 5.74) is 0.967. The monoisotopic (exact) mass is 288 g/mol. The first-order valence-electron chi connectivity index (χ1n) is 7.55. The molecule has 3 nitrogen and oxygen atoms in total. The summed E-state index contributed by atoms with van der Waals surface area (Å²) in [6.07, 6.45) is 4.23. The van der Waals surface area contributed by atoms with Crippen molar-refractivity contribution in [1.82, 2.24) is 10.2 Å². The fraction of sp³-hybridized carbons (Fsp3) is 0.412. The van der Waals surface area contributed by atoms with Crippen molar-refractivity contribution < 1.29 is 8.81 Å². The Hall–Kier alpha value is -1.65. The Balaban J connectivity index is 1.60. The Bertz CT molecular complexity index is 550. The predicted octanol–water partition coefficient (Wildman–Crippen LogP) is 3.35. The third kappa shape index (κ3) is 3.71. The molecule has 3 rings (SSSR count). The molecule has 1 aromatic carbocycles. The second-order valence-corrected chi connectivity index (χ2v) is 5.54. The molecule has 21 heavy (non-hydrogen) atoms. The van der Waals surface area contributed by atoms with Gasteiger partial charge in [0.15, 0.2) is 0 Å². The summed E-state index contributed by atoms with van der Waals surface area (Å²) in [5.74, 6) is 0.820. The van der Waals surface area contributed by atoms with Gasteiger partial charge in [0.2, 0.25) is 0 Å². The lowest BCUT2D eigenvalue weighted by molar-refractivity contribution is 0.209. The van der Waals surface area contributed by atoms with Crippen LogP contribution in [0.1, 0.15) is 30.2 Å². The summed E-state index contributed by atoms with van der Waals surface area (Å²) in [6, 6.07) is 11.0. The molecule has 0 radical (unpaired) electrons. The first-order chi connectivity index (χ1) is 10.3. The zero-order valence-corrected chi connectivity index (χ0v) is 12.1. The molecule has 1 N–H and O–H groups in total. The molecular weight excluding hydrogens is 267 g/mol. The Morgan fingerprint density at radius 1 is 1.19 bits per heavy atom. The normalized spacial score (nSPS) is 17.2. The van der Waals surface area contributed by atoms with E-state index in [1.807, 2.05) is 18.2 Å². The molecule has 4 heteroatoms. The van der Waals surface area contributed by atoms with Gasteiger partial charge in [-0.05, 0) is 55.8 Å². The van der Waals surface area contributed by atoms with Crippen LogP contribution in [0.25, 0.3) is 0 Å². The van der Waals surface area contributed by atoms with Gasteiger partial charge in [-0.1, -0.05) is 12.1 Å². The zero-order chi connectivity index (χ0) is 14.5. The van der Waals surface area contributed by atoms with Gasteiger partial charge in [-0.15, -0.1) is 0 Å². The Morgan fingerprint density at radius 3 is 2.76 bits per heavy atom. The van der Waals surface area contributed by atoms with E-state index in [0.29, 0.717) is 6.54 Å². The van der Waals surface area contributed by atoms with Crippen LogP contribution in [0.4, 0.5) is 4.39 Å². The molecule has 0 bridgehead atoms. The van der Waals surface area contributed by atoms with Crippen LogP contribution in [0, 0.1) is 5.82 Å². The van der Waals surface area contributed by atoms with Crippen LogP contribution in [0.3, 0.4) is 0 Å². The molecule has 2 aromatic rings. The standard InChI is InChI=1S/C17H21FN2O/c18-15-6-3-5-14(11-15)12-19-13-16(17-7-4-10-21-17)20-8-1-2-9-20/h3-7,10-11,16,19H,1-2,8-9,12-13H2. The minimum atomic E-state index is -0.184. The molecule has 1 atom stereocenters. The van der Waals surface area contributed by atoms with Crippen LogP contribution in [-0.2, 0) is 6.54 Å². The summed E-state index contributed by atoms with van der Waals surface area (Å²) >= 11 is 0. The molecule has 0 spiro atoms. The van der Waals surface area contributed by atoms with Crippen molar-refractivity contribution in [2.45, 2.75) is 25.4 Å². The van der Waals surface area contributed by atoms with E-state index in [9.17, 15) is 4.39 Å². The molecule has 112 valence electrons. The molecule has 2 heterocycles. The van der Waals surface area contributed by atoms with Crippen LogP contribution >= 0.6 is 0 Å². The number of likely N-dealkylation sites (tertiary alicyclic amines) is 1. The highest BCUT2D eigenvalue weighted by molar-refractivity contribution is 5.16. The van der Waals surface area contributed by atoms with E-state index in [-0.39, 0.29) is 11.9 Å². The van der Waals surface area contributed by atoms with Gasteiger partial charge < -0.3 is 9.73 Å². The van der Waals surface area contributed by atoms with E-state index in [1.54, 1.807) is 18.4 Å². The lowest BCUT2D eigenvalue weighted by Crippen LogP contribution is -2.33. The highest BCUT2D eigenvalue weighted by Crippen LogP contribution is 2.24. The molecule has 0 saturated carbocycles. The summed E-state index contributed by atoms with van der Waals surface area (Å²) in [5, 5.41) is 3.43. The van der Waals surface area contributed by atoms with Crippen LogP contribution in [-0.4, -0.2) is 24.5 Å². The second kappa shape index (κ2) is 6.87. The first kappa shape index (κ1) is 14.3. The van der Waals surface area contributed by atoms with Crippen molar-refractivity contribution >= 4 is 0 Å². The lowest BCUT2D eigenvalue weighted by Gasteiger charge is -2.26. The summed E-state index contributed by atoms with van der Waals surface area (Å²) in [4.78, 5) is 2.46. The summed E-state index contributed by atoms with van der Waals surface area (Å²) < 4.78 is 18.8. The van der Waals surface area contributed by atoms with Crippen LogP contribution in [0.15, 0.2) is 47.1 Å². The van der Waals surface area contributed by atoms with E-state index < -0.39 is 0 Å². The fourth-order valence-electron chi connectivity index (χ4n) is 2.94. The number of nitrogens with one attached hydrogen (secondary N) is 1. The Morgan fingerprint density at radius 2 is 2.05 bits per heavy atom. The fourth-order valence-corrected chi connectivity index (χ4v) is 2.94. The number of halogens is 1. The Kier molecular flexibility index (Phi) is 4.68. The topological polar surface area (TPSA) is 28.4 Å². The predicted molar refractivity (Wildman–Crippen MR) is 80.4 cm³/mol. The molecule has 0 amide bonds. The van der Waals surface area contributed by atoms with E-state index in [1.165, 1.54) is 18.9 Å². The van der Waals surface area contributed by atoms with Gasteiger partial charge in [0, 0.05) is 13.1 Å². The van der Waals surface area contributed by atoms with E-state index in [0.717, 1.165) is 31.0 Å². The van der Waals surface area contributed by atoms with Gasteiger partial charge in [-0.2, -0.15) is 0 Å². The number of furan rings is 1. The zero-order valence-electron chi connectivity index (χ0n) is 12.1. The molecule has 1 aliphatic rings. The highest BCUT2D eigenvalue weighted by atomic mass is 19.1. The van der Waals surface area contributed by atoms with Crippen molar-refractivity contribution in [3.05, 3.63) is 59.8 Å². The Labute approximate surface area is 124 Å². The second-order valence-electron chi connectivity index (χ2n) is 5.54. The van der Waals surface area contributed by atoms with Crippen LogP contribution < -0.4 is 5.32 Å². The third-order valence-corrected chi connectivity index (χ3v) is 4.01. The third-order valence-electron chi connectivity index (χ3n) is 4.01. The van der Waals surface area contributed by atoms with Gasteiger partial charge in [-0.25, -0.2) is 4.39 Å². The van der Waals surface area contributed by atoms with Crippen molar-refractivity contribution in [3.63, 3.8) is 0 Å². The average Bonchev–Trinajstić information content (AvgIpc) is 3.17. The van der Waals surface area contributed by atoms with E-state index in [4.69, 9.17) is 4.42 Å². The van der Waals surface area contributed by atoms with Crippen molar-refractivity contribution in [1.29, 1.82) is 0 Å². The molecular formula is C17H21FN2O. The minimum Gasteiger partial charge on any atom is -0.468 e. The van der Waals surface area contributed by atoms with E-state index >= 15 is 0 Å². The minimum absolute atomic E-state index is 0.184. The molecule has 0 aliphatic carbocycles. The maximum Gasteiger partial charge on any atom is 0.123 e. The smallest absolute Gasteiger partial charge is 0.123 e. The van der Waals surface area contributed by atoms with Gasteiger partial charge in [-0.3, -0.25) is 4.90 Å². The maximum absolute atomic E-state index is 13.2. The molecule has 1 aliphatic heterocycles. The largest absolute Gasteiger partial charge is 0.468 e. The average molecular weight is 288 g/mol. The van der Waals surface area contributed by atoms with Crippen LogP contribution in [0.5, 0.6) is 0 Å². The highest BCUT2D eigenvalue weighted by Gasteiger charge is 2.24. The van der Waals surface area contributed by atoms with Crippen molar-refractivity contribution in [3.8, 4) is 0 Å². The van der Waals surface area contributed by atoms with Gasteiger partial charge in [0.05, 0.1) is 12.3 Å². The number of nitrogens with zero attached hydrogens (tertiary/aromatic N) is 1. The SMILES string of the molecule is Fc1cccc(CNCC(c2ccco2)N2CCCC2)c1. The number of hydrogen-bond donors (Lipinski definition) is 1. The van der Waals surface area contributed by atoms with Crippen LogP contribution in [0.2, 0.25) is 0 Å². The molecule has 1 fully saturated rings. The van der Waals surface area contributed by atoms with Gasteiger partial charge >= 0.3 is 0 Å². The quantitative estimate of drug-likeness (QED) is 0.883. The summed E-state index contributed by atoms with van der Waals surface area (Å²) in [7, 11) is 0. The number of hydrogen-bond acceptors (Lipinski definition) is 3. The number of benzene rings is 1. The molecule has 1 unspecified atom stereocenters. The summed E-state index contributed by atoms with van der Waals surface area (Å²) in [6.45, 7) is 3.72. The van der Waals surface area contributed by atoms with Crippen molar-refractivity contribution in [2.24, 2.45) is 0 Å². The van der Waals surface area contributed by atoms with Gasteiger partial charge in [0.25, 0.3) is 0 Å². The van der Waals surface area contributed by atoms with Crippen molar-refractivity contribution in [2.75, 3.05) is 19.6 Å². The lowest BCUT2D eigenvalue weighted by atomic mass is 10.1.